The van der Waals surface area contributed by atoms with Gasteiger partial charge in [0.15, 0.2) is 0 Å². The zero-order valence-electron chi connectivity index (χ0n) is 18.8. The highest BCUT2D eigenvalue weighted by Crippen LogP contribution is 2.63. The largest absolute Gasteiger partial charge is 0.481 e. The number of fused-ring (bicyclic) bond motifs is 5. The lowest BCUT2D eigenvalue weighted by atomic mass is 9.47. The Morgan fingerprint density at radius 2 is 1.84 bits per heavy atom. The van der Waals surface area contributed by atoms with E-state index < -0.39 is 24.4 Å². The second kappa shape index (κ2) is 8.28. The van der Waals surface area contributed by atoms with Gasteiger partial charge in [0.2, 0.25) is 0 Å². The third-order valence-electron chi connectivity index (χ3n) is 8.78. The molecule has 0 aromatic rings. The van der Waals surface area contributed by atoms with Crippen molar-refractivity contribution in [3.8, 4) is 0 Å². The number of carboxylic acids is 1. The van der Waals surface area contributed by atoms with Crippen molar-refractivity contribution < 1.29 is 34.1 Å². The van der Waals surface area contributed by atoms with Crippen LogP contribution < -0.4 is 5.32 Å². The normalized spacial score (nSPS) is 39.3. The number of ketones is 2. The van der Waals surface area contributed by atoms with E-state index in [-0.39, 0.29) is 47.2 Å². The Labute approximate surface area is 187 Å². The number of ether oxygens (including phenoxy) is 1. The van der Waals surface area contributed by atoms with Crippen molar-refractivity contribution in [1.29, 1.82) is 0 Å². The Morgan fingerprint density at radius 1 is 1.16 bits per heavy atom. The lowest BCUT2D eigenvalue weighted by Crippen LogP contribution is -2.54. The van der Waals surface area contributed by atoms with Crippen molar-refractivity contribution in [2.75, 3.05) is 0 Å². The number of Topliss-reactive ketones (excluding diaryl/α,β-unsaturated/α-hetero) is 2. The number of hydrogen-bond acceptors (Lipinski definition) is 6. The maximum Gasteiger partial charge on any atom is 0.409 e. The molecule has 4 rings (SSSR count). The lowest BCUT2D eigenvalue weighted by molar-refractivity contribution is -0.144. The van der Waals surface area contributed by atoms with Crippen molar-refractivity contribution in [2.24, 2.45) is 28.6 Å². The molecule has 3 fully saturated rings. The summed E-state index contributed by atoms with van der Waals surface area (Å²) in [4.78, 5) is 48.5. The van der Waals surface area contributed by atoms with Crippen LogP contribution in [0.15, 0.2) is 11.6 Å². The molecule has 4 aliphatic rings. The van der Waals surface area contributed by atoms with E-state index in [1.165, 1.54) is 0 Å². The molecule has 0 bridgehead atoms. The fraction of sp³-hybridized carbons (Fsp3) is 0.750. The minimum atomic E-state index is -1.29. The third kappa shape index (κ3) is 3.87. The number of carboxylic acid groups (broad SMARTS) is 1. The van der Waals surface area contributed by atoms with Gasteiger partial charge in [0.25, 0.3) is 0 Å². The van der Waals surface area contributed by atoms with Crippen LogP contribution >= 0.6 is 0 Å². The van der Waals surface area contributed by atoms with Crippen molar-refractivity contribution in [2.45, 2.75) is 84.0 Å². The Balaban J connectivity index is 1.44. The van der Waals surface area contributed by atoms with Crippen LogP contribution in [0.5, 0.6) is 0 Å². The van der Waals surface area contributed by atoms with Crippen LogP contribution in [0, 0.1) is 28.6 Å². The quantitative estimate of drug-likeness (QED) is 0.436. The van der Waals surface area contributed by atoms with E-state index in [0.29, 0.717) is 25.0 Å². The van der Waals surface area contributed by atoms with Gasteiger partial charge in [-0.05, 0) is 55.4 Å². The number of nitrogens with one attached hydrogen (secondary N) is 1. The van der Waals surface area contributed by atoms with Crippen molar-refractivity contribution in [1.82, 2.24) is 5.32 Å². The van der Waals surface area contributed by atoms with Gasteiger partial charge < -0.3 is 14.9 Å². The molecule has 0 aromatic heterocycles. The van der Waals surface area contributed by atoms with Gasteiger partial charge in [-0.15, -0.1) is 0 Å². The second-order valence-electron chi connectivity index (χ2n) is 10.5. The van der Waals surface area contributed by atoms with Gasteiger partial charge in [0.05, 0.1) is 0 Å². The Hall–Kier alpha value is -2.22. The Kier molecular flexibility index (Phi) is 5.94. The van der Waals surface area contributed by atoms with E-state index in [9.17, 15) is 24.3 Å². The molecule has 0 aromatic carbocycles. The van der Waals surface area contributed by atoms with Crippen molar-refractivity contribution in [3.63, 3.8) is 0 Å². The van der Waals surface area contributed by atoms with Crippen LogP contribution in [0.4, 0.5) is 4.79 Å². The first-order valence-electron chi connectivity index (χ1n) is 11.7. The summed E-state index contributed by atoms with van der Waals surface area (Å²) in [5, 5.41) is 20.7. The van der Waals surface area contributed by atoms with Crippen molar-refractivity contribution in [3.05, 3.63) is 11.6 Å². The minimum Gasteiger partial charge on any atom is -0.481 e. The molecule has 3 N–H and O–H groups in total. The van der Waals surface area contributed by atoms with Crippen molar-refractivity contribution >= 4 is 23.6 Å². The molecule has 8 nitrogen and oxygen atoms in total. The molecule has 0 saturated heterocycles. The molecule has 7 atom stereocenters. The summed E-state index contributed by atoms with van der Waals surface area (Å²) in [5.41, 5.74) is 0.532. The van der Waals surface area contributed by atoms with E-state index in [1.54, 1.807) is 0 Å². The van der Waals surface area contributed by atoms with Crippen LogP contribution in [0.3, 0.4) is 0 Å². The average molecular weight is 448 g/mol. The highest BCUT2D eigenvalue weighted by atomic mass is 16.6. The maximum absolute atomic E-state index is 13.3. The molecule has 8 heteroatoms. The number of carbonyl (C=O) groups is 4. The summed E-state index contributed by atoms with van der Waals surface area (Å²) in [6.07, 6.45) is 3.81. The first kappa shape index (κ1) is 23.0. The summed E-state index contributed by atoms with van der Waals surface area (Å²) in [6, 6.07) is 0. The van der Waals surface area contributed by atoms with Gasteiger partial charge in [0.1, 0.15) is 23.9 Å². The van der Waals surface area contributed by atoms with Gasteiger partial charge in [-0.25, -0.2) is 4.79 Å². The smallest absolute Gasteiger partial charge is 0.409 e. The first-order valence-corrected chi connectivity index (χ1v) is 11.7. The highest BCUT2D eigenvalue weighted by molar-refractivity contribution is 5.91. The topological polar surface area (TPSA) is 130 Å². The summed E-state index contributed by atoms with van der Waals surface area (Å²) in [7, 11) is 0. The number of aliphatic hydroxyl groups excluding tert-OH is 1. The van der Waals surface area contributed by atoms with Gasteiger partial charge in [-0.3, -0.25) is 19.7 Å². The summed E-state index contributed by atoms with van der Waals surface area (Å²) in [6.45, 7) is 4.27. The van der Waals surface area contributed by atoms with E-state index in [4.69, 9.17) is 9.84 Å². The number of amides is 1. The number of hydrogen-bond donors (Lipinski definition) is 3. The average Bonchev–Trinajstić information content (AvgIpc) is 3.02. The molecular weight excluding hydrogens is 414 g/mol. The molecular formula is C24H33NO7. The molecule has 4 unspecified atom stereocenters. The summed E-state index contributed by atoms with van der Waals surface area (Å²) >= 11 is 0. The van der Waals surface area contributed by atoms with Crippen LogP contribution in [0.1, 0.15) is 71.6 Å². The molecule has 0 aliphatic heterocycles. The molecule has 32 heavy (non-hydrogen) atoms. The van der Waals surface area contributed by atoms with Crippen LogP contribution in [-0.4, -0.2) is 46.2 Å². The fourth-order valence-electron chi connectivity index (χ4n) is 6.90. The van der Waals surface area contributed by atoms with E-state index in [0.717, 1.165) is 31.3 Å². The maximum atomic E-state index is 13.3. The standard InChI is InChI=1S/C24H33NO7/c1-23-9-7-14(32-22(31)25-19(28)5-6-20(29)30)11-13(23)12-17(26)21-15-3-4-18(27)24(15,2)10-8-16(21)23/h11,14-16,19,21,28H,3-10,12H2,1-2H3,(H,25,31)(H,29,30)/t14-,15?,16?,19?,21?,23-,24-/m0/s1. The molecule has 0 spiro atoms. The molecule has 0 radical (unpaired) electrons. The van der Waals surface area contributed by atoms with E-state index in [1.807, 2.05) is 6.08 Å². The molecule has 3 saturated carbocycles. The van der Waals surface area contributed by atoms with E-state index >= 15 is 0 Å². The number of aliphatic carboxylic acids is 1. The van der Waals surface area contributed by atoms with Crippen LogP contribution in [0.2, 0.25) is 0 Å². The fourth-order valence-corrected chi connectivity index (χ4v) is 6.90. The number of rotatable bonds is 5. The van der Waals surface area contributed by atoms with Crippen LogP contribution in [0.25, 0.3) is 0 Å². The first-order chi connectivity index (χ1) is 15.0. The number of allylic oxidation sites excluding steroid dienone is 1. The number of aliphatic hydroxyl groups is 1. The Morgan fingerprint density at radius 3 is 2.56 bits per heavy atom. The van der Waals surface area contributed by atoms with Gasteiger partial charge in [-0.1, -0.05) is 19.4 Å². The molecule has 0 heterocycles. The zero-order chi connectivity index (χ0) is 23.3. The second-order valence-corrected chi connectivity index (χ2v) is 10.5. The summed E-state index contributed by atoms with van der Waals surface area (Å²) in [5.74, 6) is -0.237. The van der Waals surface area contributed by atoms with Gasteiger partial charge in [-0.2, -0.15) is 0 Å². The Bertz CT molecular complexity index is 866. The molecule has 176 valence electrons. The molecule has 4 aliphatic carbocycles. The van der Waals surface area contributed by atoms with E-state index in [2.05, 4.69) is 19.2 Å². The zero-order valence-corrected chi connectivity index (χ0v) is 18.8. The number of alkyl carbamates (subject to hydrolysis) is 1. The third-order valence-corrected chi connectivity index (χ3v) is 8.78. The van der Waals surface area contributed by atoms with Gasteiger partial charge >= 0.3 is 12.1 Å². The molecule has 1 amide bonds. The summed E-state index contributed by atoms with van der Waals surface area (Å²) < 4.78 is 5.44. The number of carbonyl (C=O) groups excluding carboxylic acids is 3. The van der Waals surface area contributed by atoms with Gasteiger partial charge in [0, 0.05) is 37.0 Å². The predicted molar refractivity (Wildman–Crippen MR) is 113 cm³/mol. The SMILES string of the molecule is C[C@]12CC[C@H](OC(=O)NC(O)CCC(=O)O)C=C1CC(=O)C1C2CC[C@]2(C)C(=O)CCC12. The monoisotopic (exact) mass is 447 g/mol. The minimum absolute atomic E-state index is 0.0625. The predicted octanol–water partition coefficient (Wildman–Crippen LogP) is 2.98. The van der Waals surface area contributed by atoms with Crippen LogP contribution in [-0.2, 0) is 19.1 Å². The highest BCUT2D eigenvalue weighted by Gasteiger charge is 2.61. The lowest BCUT2D eigenvalue weighted by Gasteiger charge is -2.56.